The first-order chi connectivity index (χ1) is 5.79. The zero-order valence-electron chi connectivity index (χ0n) is 6.49. The molecule has 0 aromatic carbocycles. The van der Waals surface area contributed by atoms with Gasteiger partial charge in [0.2, 0.25) is 0 Å². The molecule has 12 heavy (non-hydrogen) atoms. The van der Waals surface area contributed by atoms with Gasteiger partial charge >= 0.3 is 5.97 Å². The molecule has 0 aliphatic heterocycles. The lowest BCUT2D eigenvalue weighted by Crippen LogP contribution is -2.17. The molecule has 1 aliphatic rings. The van der Waals surface area contributed by atoms with E-state index in [1.807, 2.05) is 0 Å². The Balaban J connectivity index is 2.37. The molecule has 0 fully saturated rings. The van der Waals surface area contributed by atoms with E-state index in [1.54, 1.807) is 16.8 Å². The number of aliphatic carboxylic acids is 1. The van der Waals surface area contributed by atoms with Gasteiger partial charge in [0.05, 0.1) is 17.1 Å². The number of nitrogens with zero attached hydrogens (tertiary/aromatic N) is 1. The summed E-state index contributed by atoms with van der Waals surface area (Å²) in [5.74, 6) is -1.08. The van der Waals surface area contributed by atoms with Crippen molar-refractivity contribution in [3.63, 3.8) is 0 Å². The Morgan fingerprint density at radius 2 is 2.58 bits per heavy atom. The fourth-order valence-corrected chi connectivity index (χ4v) is 2.47. The van der Waals surface area contributed by atoms with Gasteiger partial charge in [-0.1, -0.05) is 0 Å². The smallest absolute Gasteiger partial charge is 0.312 e. The molecule has 1 atom stereocenters. The molecule has 0 radical (unpaired) electrons. The fraction of sp³-hybridized carbons (Fsp3) is 0.500. The second-order valence-electron chi connectivity index (χ2n) is 2.94. The highest BCUT2D eigenvalue weighted by Gasteiger charge is 2.28. The summed E-state index contributed by atoms with van der Waals surface area (Å²) in [7, 11) is 0. The number of hydrogen-bond donors (Lipinski definition) is 1. The van der Waals surface area contributed by atoms with Gasteiger partial charge in [-0.3, -0.25) is 4.79 Å². The minimum absolute atomic E-state index is 0.347. The molecular weight excluding hydrogens is 174 g/mol. The minimum Gasteiger partial charge on any atom is -0.481 e. The quantitative estimate of drug-likeness (QED) is 0.720. The number of hydrogen-bond acceptors (Lipinski definition) is 3. The highest BCUT2D eigenvalue weighted by Crippen LogP contribution is 2.32. The maximum Gasteiger partial charge on any atom is 0.312 e. The lowest BCUT2D eigenvalue weighted by molar-refractivity contribution is -0.139. The van der Waals surface area contributed by atoms with E-state index in [2.05, 4.69) is 4.98 Å². The molecule has 1 unspecified atom stereocenters. The van der Waals surface area contributed by atoms with Gasteiger partial charge in [-0.25, -0.2) is 4.98 Å². The van der Waals surface area contributed by atoms with Crippen molar-refractivity contribution in [1.82, 2.24) is 4.98 Å². The number of thiazole rings is 1. The highest BCUT2D eigenvalue weighted by atomic mass is 32.1. The normalized spacial score (nSPS) is 21.8. The minimum atomic E-state index is -0.734. The van der Waals surface area contributed by atoms with Crippen LogP contribution in [-0.4, -0.2) is 16.1 Å². The third-order valence-corrected chi connectivity index (χ3v) is 3.11. The lowest BCUT2D eigenvalue weighted by Gasteiger charge is -2.16. The van der Waals surface area contributed by atoms with Gasteiger partial charge < -0.3 is 5.11 Å². The molecule has 0 saturated heterocycles. The van der Waals surface area contributed by atoms with Crippen LogP contribution in [0.5, 0.6) is 0 Å². The number of fused-ring (bicyclic) bond motifs is 1. The van der Waals surface area contributed by atoms with Gasteiger partial charge in [0.25, 0.3) is 0 Å². The number of aryl methyl sites for hydroxylation is 1. The van der Waals surface area contributed by atoms with Gasteiger partial charge in [0.15, 0.2) is 0 Å². The molecule has 64 valence electrons. The summed E-state index contributed by atoms with van der Waals surface area (Å²) >= 11 is 1.57. The first-order valence-corrected chi connectivity index (χ1v) is 4.82. The molecule has 1 heterocycles. The molecule has 0 amide bonds. The zero-order chi connectivity index (χ0) is 8.55. The summed E-state index contributed by atoms with van der Waals surface area (Å²) in [6.45, 7) is 0. The SMILES string of the molecule is O=C(O)C1CCCc2scnc21. The molecule has 1 aliphatic carbocycles. The van der Waals surface area contributed by atoms with E-state index in [0.29, 0.717) is 0 Å². The topological polar surface area (TPSA) is 50.2 Å². The first-order valence-electron chi connectivity index (χ1n) is 3.94. The van der Waals surface area contributed by atoms with E-state index in [0.717, 1.165) is 29.8 Å². The maximum absolute atomic E-state index is 10.8. The number of aromatic nitrogens is 1. The van der Waals surface area contributed by atoms with Crippen LogP contribution in [0.2, 0.25) is 0 Å². The molecule has 2 rings (SSSR count). The van der Waals surface area contributed by atoms with E-state index in [4.69, 9.17) is 5.11 Å². The number of carboxylic acid groups (broad SMARTS) is 1. The second kappa shape index (κ2) is 2.86. The Hall–Kier alpha value is -0.900. The van der Waals surface area contributed by atoms with Gasteiger partial charge in [0.1, 0.15) is 0 Å². The molecule has 1 aromatic heterocycles. The van der Waals surface area contributed by atoms with E-state index in [-0.39, 0.29) is 5.92 Å². The van der Waals surface area contributed by atoms with Crippen molar-refractivity contribution in [3.05, 3.63) is 16.1 Å². The second-order valence-corrected chi connectivity index (χ2v) is 3.88. The van der Waals surface area contributed by atoms with Gasteiger partial charge in [-0.05, 0) is 19.3 Å². The summed E-state index contributed by atoms with van der Waals surface area (Å²) in [6, 6.07) is 0. The average molecular weight is 183 g/mol. The zero-order valence-corrected chi connectivity index (χ0v) is 7.30. The van der Waals surface area contributed by atoms with Crippen molar-refractivity contribution in [1.29, 1.82) is 0 Å². The fourth-order valence-electron chi connectivity index (χ4n) is 1.59. The molecule has 0 bridgehead atoms. The van der Waals surface area contributed by atoms with Crippen LogP contribution >= 0.6 is 11.3 Å². The molecule has 3 nitrogen and oxygen atoms in total. The Bertz CT molecular complexity index is 308. The Kier molecular flexibility index (Phi) is 1.84. The molecule has 1 aromatic rings. The van der Waals surface area contributed by atoms with Gasteiger partial charge in [-0.15, -0.1) is 11.3 Å². The Labute approximate surface area is 74.1 Å². The van der Waals surface area contributed by atoms with Crippen LogP contribution in [0.4, 0.5) is 0 Å². The highest BCUT2D eigenvalue weighted by molar-refractivity contribution is 7.09. The third kappa shape index (κ3) is 1.12. The summed E-state index contributed by atoms with van der Waals surface area (Å²) in [5, 5.41) is 8.87. The van der Waals surface area contributed by atoms with Crippen molar-refractivity contribution in [2.45, 2.75) is 25.2 Å². The van der Waals surface area contributed by atoms with Crippen LogP contribution in [0.3, 0.4) is 0 Å². The molecule has 4 heteroatoms. The Morgan fingerprint density at radius 3 is 3.33 bits per heavy atom. The standard InChI is InChI=1S/C8H9NO2S/c10-8(11)5-2-1-3-6-7(5)9-4-12-6/h4-5H,1-3H2,(H,10,11). The van der Waals surface area contributed by atoms with Crippen molar-refractivity contribution >= 4 is 17.3 Å². The largest absolute Gasteiger partial charge is 0.481 e. The van der Waals surface area contributed by atoms with Crippen LogP contribution in [0.15, 0.2) is 5.51 Å². The average Bonchev–Trinajstić information content (AvgIpc) is 2.49. The summed E-state index contributed by atoms with van der Waals surface area (Å²) in [6.07, 6.45) is 2.72. The molecule has 0 spiro atoms. The summed E-state index contributed by atoms with van der Waals surface area (Å²) in [4.78, 5) is 16.0. The van der Waals surface area contributed by atoms with Gasteiger partial charge in [-0.2, -0.15) is 0 Å². The van der Waals surface area contributed by atoms with Crippen molar-refractivity contribution in [3.8, 4) is 0 Å². The van der Waals surface area contributed by atoms with Crippen LogP contribution in [0, 0.1) is 0 Å². The van der Waals surface area contributed by atoms with Crippen LogP contribution in [0.25, 0.3) is 0 Å². The van der Waals surface area contributed by atoms with Crippen LogP contribution in [0.1, 0.15) is 29.3 Å². The predicted octanol–water partition coefficient (Wildman–Crippen LogP) is 1.65. The monoisotopic (exact) mass is 183 g/mol. The summed E-state index contributed by atoms with van der Waals surface area (Å²) < 4.78 is 0. The number of carbonyl (C=O) groups is 1. The van der Waals surface area contributed by atoms with E-state index >= 15 is 0 Å². The van der Waals surface area contributed by atoms with Gasteiger partial charge in [0, 0.05) is 4.88 Å². The first kappa shape index (κ1) is 7.73. The third-order valence-electron chi connectivity index (χ3n) is 2.20. The van der Waals surface area contributed by atoms with E-state index in [1.165, 1.54) is 0 Å². The lowest BCUT2D eigenvalue weighted by atomic mass is 9.91. The van der Waals surface area contributed by atoms with Crippen molar-refractivity contribution in [2.24, 2.45) is 0 Å². The van der Waals surface area contributed by atoms with Crippen molar-refractivity contribution in [2.75, 3.05) is 0 Å². The number of rotatable bonds is 1. The number of carboxylic acids is 1. The molecule has 0 saturated carbocycles. The molecule has 1 N–H and O–H groups in total. The van der Waals surface area contributed by atoms with Crippen LogP contribution < -0.4 is 0 Å². The maximum atomic E-state index is 10.8. The predicted molar refractivity (Wildman–Crippen MR) is 45.4 cm³/mol. The summed E-state index contributed by atoms with van der Waals surface area (Å²) in [5.41, 5.74) is 2.55. The Morgan fingerprint density at radius 1 is 1.75 bits per heavy atom. The van der Waals surface area contributed by atoms with Crippen LogP contribution in [-0.2, 0) is 11.2 Å². The van der Waals surface area contributed by atoms with E-state index in [9.17, 15) is 4.79 Å². The van der Waals surface area contributed by atoms with Crippen molar-refractivity contribution < 1.29 is 9.90 Å². The van der Waals surface area contributed by atoms with E-state index < -0.39 is 5.97 Å². The molecular formula is C8H9NO2S.